The first kappa shape index (κ1) is 29.4. The van der Waals surface area contributed by atoms with Crippen molar-refractivity contribution in [3.05, 3.63) is 0 Å². The van der Waals surface area contributed by atoms with E-state index in [0.717, 1.165) is 0 Å². The smallest absolute Gasteiger partial charge is 0.548 e. The van der Waals surface area contributed by atoms with Gasteiger partial charge in [0, 0.05) is 6.04 Å². The van der Waals surface area contributed by atoms with Crippen LogP contribution in [0.3, 0.4) is 0 Å². The second-order valence-electron chi connectivity index (χ2n) is 3.39. The van der Waals surface area contributed by atoms with E-state index in [-0.39, 0.29) is 95.1 Å². The van der Waals surface area contributed by atoms with E-state index in [1.54, 1.807) is 0 Å². The maximum atomic E-state index is 10.6. The van der Waals surface area contributed by atoms with Crippen LogP contribution < -0.4 is 115 Å². The van der Waals surface area contributed by atoms with Crippen LogP contribution in [0.15, 0.2) is 0 Å². The van der Waals surface area contributed by atoms with Crippen LogP contribution in [-0.2, 0) is 14.4 Å². The summed E-state index contributed by atoms with van der Waals surface area (Å²) in [4.78, 5) is 31.4. The molecule has 20 heavy (non-hydrogen) atoms. The Bertz CT molecular complexity index is 291. The SMILES string of the molecule is NCCCC[C@H](NC(C(=O)[O-])C(=O)[O-])C(=O)[O-].[Na+].[Na+].[Na+]. The second kappa shape index (κ2) is 16.7. The van der Waals surface area contributed by atoms with Gasteiger partial charge in [-0.05, 0) is 19.4 Å². The summed E-state index contributed by atoms with van der Waals surface area (Å²) in [5.74, 6) is -5.51. The maximum Gasteiger partial charge on any atom is 1.00 e. The molecule has 0 saturated heterocycles. The maximum absolute atomic E-state index is 10.6. The number of carbonyl (C=O) groups excluding carboxylic acids is 3. The number of carbonyl (C=O) groups is 3. The zero-order valence-electron chi connectivity index (χ0n) is 12.0. The summed E-state index contributed by atoms with van der Waals surface area (Å²) in [6.45, 7) is 0.351. The molecule has 0 heterocycles. The molecule has 1 atom stereocenters. The first-order valence-corrected chi connectivity index (χ1v) is 4.98. The molecular formula is C9H13N2Na3O6. The average molecular weight is 314 g/mol. The van der Waals surface area contributed by atoms with Gasteiger partial charge in [0.05, 0.1) is 23.9 Å². The summed E-state index contributed by atoms with van der Waals surface area (Å²) in [6, 6.07) is -3.59. The van der Waals surface area contributed by atoms with Crippen molar-refractivity contribution in [3.8, 4) is 0 Å². The van der Waals surface area contributed by atoms with Crippen LogP contribution >= 0.6 is 0 Å². The third-order valence-electron chi connectivity index (χ3n) is 2.07. The Morgan fingerprint density at radius 1 is 0.900 bits per heavy atom. The molecular weight excluding hydrogens is 301 g/mol. The molecule has 0 rings (SSSR count). The van der Waals surface area contributed by atoms with Crippen molar-refractivity contribution in [1.82, 2.24) is 5.32 Å². The van der Waals surface area contributed by atoms with Crippen molar-refractivity contribution in [2.24, 2.45) is 5.73 Å². The Balaban J connectivity index is -0.000000427. The van der Waals surface area contributed by atoms with Crippen LogP contribution in [0.5, 0.6) is 0 Å². The van der Waals surface area contributed by atoms with Gasteiger partial charge in [-0.3, -0.25) is 5.32 Å². The molecule has 0 unspecified atom stereocenters. The molecule has 0 aliphatic carbocycles. The Kier molecular flexibility index (Phi) is 24.5. The summed E-state index contributed by atoms with van der Waals surface area (Å²) in [5, 5.41) is 33.3. The molecule has 3 N–H and O–H groups in total. The molecule has 0 fully saturated rings. The van der Waals surface area contributed by atoms with Gasteiger partial charge in [0.1, 0.15) is 0 Å². The Morgan fingerprint density at radius 2 is 1.35 bits per heavy atom. The number of nitrogens with one attached hydrogen (secondary N) is 1. The topological polar surface area (TPSA) is 158 Å². The van der Waals surface area contributed by atoms with Crippen LogP contribution in [0.4, 0.5) is 0 Å². The monoisotopic (exact) mass is 314 g/mol. The van der Waals surface area contributed by atoms with E-state index < -0.39 is 30.0 Å². The van der Waals surface area contributed by atoms with Crippen molar-refractivity contribution in [3.63, 3.8) is 0 Å². The van der Waals surface area contributed by atoms with Crippen molar-refractivity contribution in [2.45, 2.75) is 31.3 Å². The first-order chi connectivity index (χ1) is 7.90. The molecule has 11 heteroatoms. The second-order valence-corrected chi connectivity index (χ2v) is 3.39. The molecule has 0 aromatic carbocycles. The third kappa shape index (κ3) is 13.0. The van der Waals surface area contributed by atoms with Crippen LogP contribution in [0.1, 0.15) is 19.3 Å². The summed E-state index contributed by atoms with van der Waals surface area (Å²) in [7, 11) is 0. The van der Waals surface area contributed by atoms with Gasteiger partial charge in [-0.25, -0.2) is 0 Å². The van der Waals surface area contributed by atoms with Gasteiger partial charge < -0.3 is 35.4 Å². The average Bonchev–Trinajstić information content (AvgIpc) is 2.21. The van der Waals surface area contributed by atoms with Crippen LogP contribution in [0.2, 0.25) is 0 Å². The standard InChI is InChI=1S/C9H16N2O6.3Na/c10-4-2-1-3-5(7(12)13)11-6(8(14)15)9(16)17;;;/h5-6,11H,1-4,10H2,(H,12,13)(H,14,15)(H,16,17);;;/q;3*+1/p-3/t5-;;;/m0.../s1. The van der Waals surface area contributed by atoms with Crippen molar-refractivity contribution >= 4 is 17.9 Å². The molecule has 0 amide bonds. The minimum absolute atomic E-state index is 0. The van der Waals surface area contributed by atoms with Crippen LogP contribution in [0.25, 0.3) is 0 Å². The Hall–Kier alpha value is 1.33. The Morgan fingerprint density at radius 3 is 1.65 bits per heavy atom. The molecule has 0 saturated carbocycles. The zero-order chi connectivity index (χ0) is 13.4. The number of unbranched alkanes of at least 4 members (excludes halogenated alkanes) is 1. The third-order valence-corrected chi connectivity index (χ3v) is 2.07. The molecule has 0 aliphatic rings. The molecule has 8 nitrogen and oxygen atoms in total. The predicted octanol–water partition coefficient (Wildman–Crippen LogP) is -14.3. The van der Waals surface area contributed by atoms with Crippen molar-refractivity contribution in [1.29, 1.82) is 0 Å². The summed E-state index contributed by atoms with van der Waals surface area (Å²) >= 11 is 0. The first-order valence-electron chi connectivity index (χ1n) is 4.98. The number of nitrogens with two attached hydrogens (primary N) is 1. The van der Waals surface area contributed by atoms with Gasteiger partial charge in [0.15, 0.2) is 0 Å². The fourth-order valence-electron chi connectivity index (χ4n) is 1.20. The van der Waals surface area contributed by atoms with Crippen LogP contribution in [0, 0.1) is 0 Å². The number of aliphatic carboxylic acids is 3. The number of hydrogen-bond acceptors (Lipinski definition) is 8. The Labute approximate surface area is 183 Å². The van der Waals surface area contributed by atoms with E-state index in [1.807, 2.05) is 5.32 Å². The minimum Gasteiger partial charge on any atom is -0.548 e. The van der Waals surface area contributed by atoms with Gasteiger partial charge >= 0.3 is 88.7 Å². The minimum atomic E-state index is -2.18. The molecule has 0 aromatic rings. The van der Waals surface area contributed by atoms with Crippen molar-refractivity contribution in [2.75, 3.05) is 6.54 Å². The largest absolute Gasteiger partial charge is 1.00 e. The molecule has 0 radical (unpaired) electrons. The molecule has 0 bridgehead atoms. The quantitative estimate of drug-likeness (QED) is 0.241. The van der Waals surface area contributed by atoms with Gasteiger partial charge in [0.25, 0.3) is 0 Å². The predicted molar refractivity (Wildman–Crippen MR) is 48.6 cm³/mol. The normalized spacial score (nSPS) is 10.5. The van der Waals surface area contributed by atoms with Crippen molar-refractivity contribution < 1.29 is 118 Å². The molecule has 0 aromatic heterocycles. The van der Waals surface area contributed by atoms with Gasteiger partial charge in [-0.2, -0.15) is 0 Å². The van der Waals surface area contributed by atoms with Gasteiger partial charge in [-0.15, -0.1) is 0 Å². The van der Waals surface area contributed by atoms with Crippen LogP contribution in [-0.4, -0.2) is 36.5 Å². The number of hydrogen-bond donors (Lipinski definition) is 2. The number of rotatable bonds is 9. The van der Waals surface area contributed by atoms with Gasteiger partial charge in [0.2, 0.25) is 0 Å². The van der Waals surface area contributed by atoms with Gasteiger partial charge in [-0.1, -0.05) is 6.42 Å². The molecule has 98 valence electrons. The molecule has 0 aliphatic heterocycles. The van der Waals surface area contributed by atoms with E-state index >= 15 is 0 Å². The fourth-order valence-corrected chi connectivity index (χ4v) is 1.20. The van der Waals surface area contributed by atoms with E-state index in [0.29, 0.717) is 19.4 Å². The van der Waals surface area contributed by atoms with E-state index in [9.17, 15) is 29.7 Å². The number of carboxylic acids is 3. The fraction of sp³-hybridized carbons (Fsp3) is 0.667. The summed E-state index contributed by atoms with van der Waals surface area (Å²) in [5.41, 5.74) is 5.20. The van der Waals surface area contributed by atoms with E-state index in [4.69, 9.17) is 5.73 Å². The van der Waals surface area contributed by atoms with E-state index in [1.165, 1.54) is 0 Å². The summed E-state index contributed by atoms with van der Waals surface area (Å²) < 4.78 is 0. The number of carboxylic acid groups (broad SMARTS) is 3. The summed E-state index contributed by atoms with van der Waals surface area (Å²) in [6.07, 6.45) is 0.943. The van der Waals surface area contributed by atoms with E-state index in [2.05, 4.69) is 0 Å². The zero-order valence-corrected chi connectivity index (χ0v) is 18.0. The molecule has 0 spiro atoms.